The normalized spacial score (nSPS) is 13.8. The smallest absolute Gasteiger partial charge is 0.462 e. The van der Waals surface area contributed by atoms with Crippen molar-refractivity contribution in [3.05, 3.63) is 48.6 Å². The summed E-state index contributed by atoms with van der Waals surface area (Å²) in [5, 5.41) is 0. The Morgan fingerprint density at radius 1 is 0.537 bits per heavy atom. The Labute approximate surface area is 331 Å². The zero-order valence-electron chi connectivity index (χ0n) is 34.9. The second-order valence-electron chi connectivity index (χ2n) is 14.4. The van der Waals surface area contributed by atoms with Gasteiger partial charge < -0.3 is 14.4 Å². The monoisotopic (exact) mass is 781 g/mol. The maximum Gasteiger partial charge on any atom is 0.472 e. The van der Waals surface area contributed by atoms with Crippen molar-refractivity contribution in [2.24, 2.45) is 0 Å². The van der Waals surface area contributed by atoms with E-state index in [9.17, 15) is 19.0 Å². The van der Waals surface area contributed by atoms with Crippen LogP contribution >= 0.6 is 7.82 Å². The van der Waals surface area contributed by atoms with Crippen LogP contribution in [0.3, 0.4) is 0 Å². The van der Waals surface area contributed by atoms with Gasteiger partial charge in [-0.3, -0.25) is 18.6 Å². The Kier molecular flexibility index (Phi) is 39.2. The molecule has 2 unspecified atom stereocenters. The summed E-state index contributed by atoms with van der Waals surface area (Å²) in [7, 11) is -3.21. The zero-order valence-corrected chi connectivity index (χ0v) is 35.8. The largest absolute Gasteiger partial charge is 0.472 e. The van der Waals surface area contributed by atoms with Gasteiger partial charge in [0.25, 0.3) is 0 Å². The number of ether oxygens (including phenoxy) is 2. The van der Waals surface area contributed by atoms with Gasteiger partial charge in [-0.1, -0.05) is 165 Å². The zero-order chi connectivity index (χ0) is 39.6. The third kappa shape index (κ3) is 39.7. The van der Waals surface area contributed by atoms with Crippen LogP contribution in [0.4, 0.5) is 0 Å². The van der Waals surface area contributed by atoms with Crippen LogP contribution in [-0.2, 0) is 32.7 Å². The van der Waals surface area contributed by atoms with E-state index < -0.39 is 26.5 Å². The highest BCUT2D eigenvalue weighted by Crippen LogP contribution is 2.42. The summed E-state index contributed by atoms with van der Waals surface area (Å²) in [6, 6.07) is 0. The molecule has 8 nitrogen and oxygen atoms in total. The molecule has 0 aliphatic carbocycles. The Hall–Kier alpha value is -1.99. The average molecular weight is 781 g/mol. The number of hydrogen-bond donors (Lipinski definition) is 1. The second-order valence-corrected chi connectivity index (χ2v) is 16.0. The molecule has 0 amide bonds. The molecule has 0 aromatic carbocycles. The van der Waals surface area contributed by atoms with E-state index in [1.54, 1.807) is 0 Å². The fourth-order valence-corrected chi connectivity index (χ4v) is 6.42. The van der Waals surface area contributed by atoms with Crippen molar-refractivity contribution in [2.75, 3.05) is 20.3 Å². The Morgan fingerprint density at radius 3 is 1.43 bits per heavy atom. The average Bonchev–Trinajstić information content (AvgIpc) is 3.16. The van der Waals surface area contributed by atoms with Crippen LogP contribution in [0.2, 0.25) is 0 Å². The van der Waals surface area contributed by atoms with Crippen molar-refractivity contribution >= 4 is 19.8 Å². The van der Waals surface area contributed by atoms with Crippen molar-refractivity contribution in [3.63, 3.8) is 0 Å². The number of esters is 2. The van der Waals surface area contributed by atoms with E-state index in [0.29, 0.717) is 6.42 Å². The highest BCUT2D eigenvalue weighted by molar-refractivity contribution is 7.47. The minimum absolute atomic E-state index is 0.232. The Balaban J connectivity index is 4.00. The minimum atomic E-state index is -4.27. The molecule has 0 heterocycles. The van der Waals surface area contributed by atoms with Crippen LogP contribution in [0.1, 0.15) is 200 Å². The number of carbonyl (C=O) groups excluding carboxylic acids is 2. The van der Waals surface area contributed by atoms with Gasteiger partial charge in [0.15, 0.2) is 6.10 Å². The van der Waals surface area contributed by atoms with E-state index in [-0.39, 0.29) is 25.4 Å². The van der Waals surface area contributed by atoms with Gasteiger partial charge in [0.1, 0.15) is 6.61 Å². The summed E-state index contributed by atoms with van der Waals surface area (Å²) < 4.78 is 32.0. The van der Waals surface area contributed by atoms with Crippen LogP contribution < -0.4 is 0 Å². The van der Waals surface area contributed by atoms with Gasteiger partial charge in [-0.25, -0.2) is 4.57 Å². The molecule has 0 radical (unpaired) electrons. The highest BCUT2D eigenvalue weighted by atomic mass is 31.2. The molecular formula is C45H81O8P. The standard InChI is InChI=1S/C45H81O8P/c1-4-6-8-10-12-14-16-18-20-22-24-25-27-29-31-33-35-37-39-44(46)51-41-43(42-52-54(48,49)50-3)53-45(47)40-38-36-34-32-30-28-26-23-21-19-17-15-13-11-9-7-5-2/h7,9,13,15,19-22,43H,4-6,8,10-12,14,16-18,23-42H2,1-3H3,(H,48,49)/b9-7-,15-13-,21-19-,22-20-. The SMILES string of the molecule is CC/C=C\C/C=C\C/C=C\CCCCCCCCCC(=O)OC(COC(=O)CCCCCCCCC/C=C\CCCCCCCCC)COP(=O)(O)OC. The van der Waals surface area contributed by atoms with E-state index in [4.69, 9.17) is 14.0 Å². The molecule has 2 atom stereocenters. The summed E-state index contributed by atoms with van der Waals surface area (Å²) in [4.78, 5) is 34.5. The summed E-state index contributed by atoms with van der Waals surface area (Å²) >= 11 is 0. The molecule has 0 saturated carbocycles. The summed E-state index contributed by atoms with van der Waals surface area (Å²) in [5.41, 5.74) is 0. The molecule has 0 aromatic rings. The van der Waals surface area contributed by atoms with E-state index in [1.165, 1.54) is 103 Å². The molecule has 0 fully saturated rings. The van der Waals surface area contributed by atoms with Gasteiger partial charge in [-0.05, 0) is 70.6 Å². The second kappa shape index (κ2) is 40.7. The summed E-state index contributed by atoms with van der Waals surface area (Å²) in [5.74, 6) is -0.819. The first-order chi connectivity index (χ1) is 26.3. The summed E-state index contributed by atoms with van der Waals surface area (Å²) in [6.07, 6.45) is 48.7. The van der Waals surface area contributed by atoms with Crippen molar-refractivity contribution < 1.29 is 37.6 Å². The lowest BCUT2D eigenvalue weighted by Gasteiger charge is -2.19. The van der Waals surface area contributed by atoms with Crippen LogP contribution in [0.25, 0.3) is 0 Å². The topological polar surface area (TPSA) is 108 Å². The first-order valence-corrected chi connectivity index (χ1v) is 23.3. The fourth-order valence-electron chi connectivity index (χ4n) is 5.96. The van der Waals surface area contributed by atoms with E-state index >= 15 is 0 Å². The molecule has 1 N–H and O–H groups in total. The molecule has 0 rings (SSSR count). The van der Waals surface area contributed by atoms with Crippen LogP contribution in [0.15, 0.2) is 48.6 Å². The number of rotatable bonds is 40. The van der Waals surface area contributed by atoms with Crippen molar-refractivity contribution in [2.45, 2.75) is 206 Å². The van der Waals surface area contributed by atoms with Gasteiger partial charge in [-0.2, -0.15) is 0 Å². The lowest BCUT2D eigenvalue weighted by Crippen LogP contribution is -2.29. The molecule has 314 valence electrons. The van der Waals surface area contributed by atoms with E-state index in [0.717, 1.165) is 71.3 Å². The van der Waals surface area contributed by atoms with Crippen LogP contribution in [0.5, 0.6) is 0 Å². The van der Waals surface area contributed by atoms with E-state index in [1.807, 2.05) is 0 Å². The molecule has 0 spiro atoms. The predicted octanol–water partition coefficient (Wildman–Crippen LogP) is 13.8. The number of carbonyl (C=O) groups is 2. The highest BCUT2D eigenvalue weighted by Gasteiger charge is 2.24. The van der Waals surface area contributed by atoms with Gasteiger partial charge in [0.2, 0.25) is 0 Å². The fraction of sp³-hybridized carbons (Fsp3) is 0.778. The third-order valence-corrected chi connectivity index (χ3v) is 10.2. The Bertz CT molecular complexity index is 1020. The summed E-state index contributed by atoms with van der Waals surface area (Å²) in [6.45, 7) is 3.77. The van der Waals surface area contributed by atoms with E-state index in [2.05, 4.69) is 67.0 Å². The predicted molar refractivity (Wildman–Crippen MR) is 225 cm³/mol. The molecule has 0 aliphatic heterocycles. The van der Waals surface area contributed by atoms with Crippen molar-refractivity contribution in [3.8, 4) is 0 Å². The lowest BCUT2D eigenvalue weighted by atomic mass is 10.1. The van der Waals surface area contributed by atoms with Gasteiger partial charge in [-0.15, -0.1) is 0 Å². The molecule has 0 bridgehead atoms. The molecule has 0 aliphatic rings. The maximum absolute atomic E-state index is 12.5. The number of allylic oxidation sites excluding steroid dienone is 8. The van der Waals surface area contributed by atoms with Crippen LogP contribution in [0, 0.1) is 0 Å². The molecule has 9 heteroatoms. The van der Waals surface area contributed by atoms with Crippen molar-refractivity contribution in [1.82, 2.24) is 0 Å². The number of unbranched alkanes of at least 4 members (excludes halogenated alkanes) is 21. The maximum atomic E-state index is 12.5. The third-order valence-electron chi connectivity index (χ3n) is 9.31. The first kappa shape index (κ1) is 52.0. The van der Waals surface area contributed by atoms with Gasteiger partial charge in [0.05, 0.1) is 6.61 Å². The number of phosphoric ester groups is 1. The van der Waals surface area contributed by atoms with Gasteiger partial charge >= 0.3 is 19.8 Å². The molecule has 0 saturated heterocycles. The van der Waals surface area contributed by atoms with Crippen molar-refractivity contribution in [1.29, 1.82) is 0 Å². The quantitative estimate of drug-likeness (QED) is 0.0283. The molecule has 0 aromatic heterocycles. The number of hydrogen-bond acceptors (Lipinski definition) is 7. The van der Waals surface area contributed by atoms with Crippen LogP contribution in [-0.4, -0.2) is 43.3 Å². The molecular weight excluding hydrogens is 699 g/mol. The first-order valence-electron chi connectivity index (χ1n) is 21.8. The lowest BCUT2D eigenvalue weighted by molar-refractivity contribution is -0.161. The minimum Gasteiger partial charge on any atom is -0.462 e. The molecule has 54 heavy (non-hydrogen) atoms. The Morgan fingerprint density at radius 2 is 0.944 bits per heavy atom. The van der Waals surface area contributed by atoms with Gasteiger partial charge in [0, 0.05) is 20.0 Å². The number of phosphoric acid groups is 1.